The Labute approximate surface area is 130 Å². The third-order valence-corrected chi connectivity index (χ3v) is 3.49. The summed E-state index contributed by atoms with van der Waals surface area (Å²) in [6.07, 6.45) is 0. The van der Waals surface area contributed by atoms with Crippen molar-refractivity contribution in [1.82, 2.24) is 0 Å². The molecule has 0 bridgehead atoms. The Morgan fingerprint density at radius 2 is 1.47 bits per heavy atom. The number of nitrogens with zero attached hydrogens (tertiary/aromatic N) is 1. The molecule has 19 heavy (non-hydrogen) atoms. The zero-order valence-corrected chi connectivity index (χ0v) is 12.4. The minimum absolute atomic E-state index is 0.205. The Morgan fingerprint density at radius 1 is 0.947 bits per heavy atom. The summed E-state index contributed by atoms with van der Waals surface area (Å²) < 4.78 is 0.885. The zero-order valence-electron chi connectivity index (χ0n) is 9.41. The van der Waals surface area contributed by atoms with Crippen LogP contribution in [0.15, 0.2) is 42.5 Å². The van der Waals surface area contributed by atoms with Gasteiger partial charge in [-0.1, -0.05) is 53.0 Å². The lowest BCUT2D eigenvalue weighted by atomic mass is 10.2. The molecule has 0 aromatic heterocycles. The molecular formula is C13H7Cl4NO. The molecule has 0 unspecified atom stereocenters. The Bertz CT molecular complexity index is 592. The zero-order chi connectivity index (χ0) is 14.0. The maximum Gasteiger partial charge on any atom is 0.273 e. The maximum absolute atomic E-state index is 12.2. The van der Waals surface area contributed by atoms with Gasteiger partial charge in [0.2, 0.25) is 0 Å². The molecule has 2 aromatic rings. The number of rotatable bonds is 2. The molecule has 0 aliphatic rings. The van der Waals surface area contributed by atoms with E-state index in [-0.39, 0.29) is 15.7 Å². The van der Waals surface area contributed by atoms with Gasteiger partial charge in [0.05, 0.1) is 15.7 Å². The Morgan fingerprint density at radius 3 is 2.00 bits per heavy atom. The predicted molar refractivity (Wildman–Crippen MR) is 80.6 cm³/mol. The minimum Gasteiger partial charge on any atom is -0.267 e. The normalized spacial score (nSPS) is 10.3. The van der Waals surface area contributed by atoms with Gasteiger partial charge in [0.15, 0.2) is 0 Å². The van der Waals surface area contributed by atoms with Gasteiger partial charge in [0.25, 0.3) is 5.91 Å². The molecule has 1 amide bonds. The molecule has 0 aliphatic heterocycles. The highest BCUT2D eigenvalue weighted by atomic mass is 35.5. The summed E-state index contributed by atoms with van der Waals surface area (Å²) in [5, 5.41) is 0.782. The number of hydrogen-bond donors (Lipinski definition) is 0. The number of hydrogen-bond acceptors (Lipinski definition) is 1. The van der Waals surface area contributed by atoms with Gasteiger partial charge in [-0.3, -0.25) is 4.79 Å². The van der Waals surface area contributed by atoms with Crippen LogP contribution < -0.4 is 4.42 Å². The van der Waals surface area contributed by atoms with Crippen LogP contribution >= 0.6 is 46.6 Å². The molecule has 0 atom stereocenters. The van der Waals surface area contributed by atoms with Crippen molar-refractivity contribution >= 4 is 58.2 Å². The summed E-state index contributed by atoms with van der Waals surface area (Å²) in [5.41, 5.74) is 0.642. The van der Waals surface area contributed by atoms with E-state index in [0.29, 0.717) is 10.6 Å². The first kappa shape index (κ1) is 14.5. The molecule has 6 heteroatoms. The number of benzene rings is 2. The monoisotopic (exact) mass is 333 g/mol. The quantitative estimate of drug-likeness (QED) is 0.669. The summed E-state index contributed by atoms with van der Waals surface area (Å²) in [6.45, 7) is 0. The highest BCUT2D eigenvalue weighted by Crippen LogP contribution is 2.38. The molecule has 2 nitrogen and oxygen atoms in total. The third kappa shape index (κ3) is 3.15. The van der Waals surface area contributed by atoms with Crippen LogP contribution in [-0.4, -0.2) is 5.91 Å². The number of carbonyl (C=O) groups is 1. The van der Waals surface area contributed by atoms with E-state index in [9.17, 15) is 4.79 Å². The van der Waals surface area contributed by atoms with Gasteiger partial charge in [-0.25, -0.2) is 4.42 Å². The molecule has 0 N–H and O–H groups in total. The van der Waals surface area contributed by atoms with Gasteiger partial charge in [-0.2, -0.15) is 0 Å². The van der Waals surface area contributed by atoms with Gasteiger partial charge < -0.3 is 0 Å². The third-order valence-electron chi connectivity index (χ3n) is 2.38. The van der Waals surface area contributed by atoms with Crippen molar-refractivity contribution in [2.24, 2.45) is 0 Å². The van der Waals surface area contributed by atoms with E-state index in [0.717, 1.165) is 4.42 Å². The van der Waals surface area contributed by atoms with E-state index in [4.69, 9.17) is 46.6 Å². The lowest BCUT2D eigenvalue weighted by Gasteiger charge is -2.17. The molecular weight excluding hydrogens is 328 g/mol. The van der Waals surface area contributed by atoms with Crippen LogP contribution in [0, 0.1) is 0 Å². The van der Waals surface area contributed by atoms with E-state index in [2.05, 4.69) is 0 Å². The van der Waals surface area contributed by atoms with Crippen molar-refractivity contribution in [2.45, 2.75) is 0 Å². The second kappa shape index (κ2) is 6.02. The van der Waals surface area contributed by atoms with Crippen LogP contribution in [0.5, 0.6) is 0 Å². The van der Waals surface area contributed by atoms with E-state index in [1.54, 1.807) is 30.3 Å². The van der Waals surface area contributed by atoms with Crippen molar-refractivity contribution < 1.29 is 4.79 Å². The second-order valence-electron chi connectivity index (χ2n) is 3.67. The molecule has 0 saturated heterocycles. The summed E-state index contributed by atoms with van der Waals surface area (Å²) >= 11 is 23.9. The van der Waals surface area contributed by atoms with Gasteiger partial charge in [-0.05, 0) is 24.3 Å². The Kier molecular flexibility index (Phi) is 4.58. The van der Waals surface area contributed by atoms with Crippen molar-refractivity contribution in [3.8, 4) is 0 Å². The molecule has 0 aliphatic carbocycles. The standard InChI is InChI=1S/C13H7Cl4NO/c14-9-6-10(15)12(11(16)7-9)18(17)13(19)8-4-2-1-3-5-8/h1-7H. The van der Waals surface area contributed by atoms with E-state index < -0.39 is 5.91 Å². The molecule has 98 valence electrons. The maximum atomic E-state index is 12.2. The average molecular weight is 335 g/mol. The van der Waals surface area contributed by atoms with Crippen LogP contribution in [0.2, 0.25) is 15.1 Å². The highest BCUT2D eigenvalue weighted by molar-refractivity contribution is 6.48. The van der Waals surface area contributed by atoms with Gasteiger partial charge in [0, 0.05) is 22.4 Å². The second-order valence-corrected chi connectivity index (χ2v) is 5.26. The van der Waals surface area contributed by atoms with Gasteiger partial charge in [-0.15, -0.1) is 0 Å². The van der Waals surface area contributed by atoms with E-state index in [1.807, 2.05) is 0 Å². The lowest BCUT2D eigenvalue weighted by molar-refractivity contribution is 0.101. The lowest BCUT2D eigenvalue weighted by Crippen LogP contribution is -2.21. The molecule has 0 radical (unpaired) electrons. The first-order chi connectivity index (χ1) is 9.00. The average Bonchev–Trinajstić information content (AvgIpc) is 2.37. The van der Waals surface area contributed by atoms with Crippen molar-refractivity contribution in [3.05, 3.63) is 63.1 Å². The first-order valence-corrected chi connectivity index (χ1v) is 6.67. The molecule has 2 aromatic carbocycles. The number of amides is 1. The Hall–Kier alpha value is -0.930. The fourth-order valence-electron chi connectivity index (χ4n) is 1.52. The van der Waals surface area contributed by atoms with Crippen molar-refractivity contribution in [2.75, 3.05) is 4.42 Å². The SMILES string of the molecule is O=C(c1ccccc1)N(Cl)c1c(Cl)cc(Cl)cc1Cl. The minimum atomic E-state index is -0.423. The fourth-order valence-corrected chi connectivity index (χ4v) is 2.87. The molecule has 0 heterocycles. The van der Waals surface area contributed by atoms with E-state index >= 15 is 0 Å². The summed E-state index contributed by atoms with van der Waals surface area (Å²) in [6, 6.07) is 11.5. The first-order valence-electron chi connectivity index (χ1n) is 5.20. The van der Waals surface area contributed by atoms with Gasteiger partial charge in [0.1, 0.15) is 0 Å². The largest absolute Gasteiger partial charge is 0.273 e. The summed E-state index contributed by atoms with van der Waals surface area (Å²) in [5.74, 6) is -0.423. The van der Waals surface area contributed by atoms with Gasteiger partial charge >= 0.3 is 0 Å². The molecule has 0 saturated carbocycles. The highest BCUT2D eigenvalue weighted by Gasteiger charge is 2.21. The van der Waals surface area contributed by atoms with Crippen LogP contribution in [0.4, 0.5) is 5.69 Å². The fraction of sp³-hybridized carbons (Fsp3) is 0. The summed E-state index contributed by atoms with van der Waals surface area (Å²) in [4.78, 5) is 12.2. The number of anilines is 1. The van der Waals surface area contributed by atoms with Crippen LogP contribution in [0.1, 0.15) is 10.4 Å². The topological polar surface area (TPSA) is 20.3 Å². The van der Waals surface area contributed by atoms with Crippen LogP contribution in [0.25, 0.3) is 0 Å². The molecule has 2 rings (SSSR count). The van der Waals surface area contributed by atoms with E-state index in [1.165, 1.54) is 12.1 Å². The van der Waals surface area contributed by atoms with Crippen molar-refractivity contribution in [1.29, 1.82) is 0 Å². The molecule has 0 fully saturated rings. The van der Waals surface area contributed by atoms with Crippen LogP contribution in [0.3, 0.4) is 0 Å². The Balaban J connectivity index is 2.40. The van der Waals surface area contributed by atoms with Crippen molar-refractivity contribution in [3.63, 3.8) is 0 Å². The predicted octanol–water partition coefficient (Wildman–Crippen LogP) is 5.45. The smallest absolute Gasteiger partial charge is 0.267 e. The van der Waals surface area contributed by atoms with Crippen LogP contribution in [-0.2, 0) is 0 Å². The number of carbonyl (C=O) groups excluding carboxylic acids is 1. The number of halogens is 4. The molecule has 0 spiro atoms. The summed E-state index contributed by atoms with van der Waals surface area (Å²) in [7, 11) is 0.